The molecule has 5 nitrogen and oxygen atoms in total. The second-order valence-corrected chi connectivity index (χ2v) is 5.43. The van der Waals surface area contributed by atoms with E-state index in [1.807, 2.05) is 55.5 Å². The number of aromatic nitrogens is 2. The summed E-state index contributed by atoms with van der Waals surface area (Å²) in [6, 6.07) is 15.2. The van der Waals surface area contributed by atoms with E-state index in [4.69, 9.17) is 4.74 Å². The van der Waals surface area contributed by atoms with Gasteiger partial charge in [0.2, 0.25) is 5.95 Å². The van der Waals surface area contributed by atoms with Crippen LogP contribution in [0.1, 0.15) is 5.56 Å². The van der Waals surface area contributed by atoms with Gasteiger partial charge in [-0.2, -0.15) is 4.37 Å². The molecule has 0 bridgehead atoms. The van der Waals surface area contributed by atoms with Crippen molar-refractivity contribution < 1.29 is 4.74 Å². The molecule has 0 aliphatic heterocycles. The molecule has 112 valence electrons. The highest BCUT2D eigenvalue weighted by molar-refractivity contribution is 7.03. The number of hydrogen-bond acceptors (Lipinski definition) is 5. The first-order valence-corrected chi connectivity index (χ1v) is 7.53. The maximum Gasteiger partial charge on any atom is 0.332 e. The van der Waals surface area contributed by atoms with Gasteiger partial charge in [-0.15, -0.1) is 0 Å². The first-order chi connectivity index (χ1) is 10.7. The summed E-state index contributed by atoms with van der Waals surface area (Å²) in [6.07, 6.45) is 0. The molecule has 0 aliphatic rings. The predicted molar refractivity (Wildman–Crippen MR) is 88.7 cm³/mol. The fourth-order valence-electron chi connectivity index (χ4n) is 2.22. The fourth-order valence-corrected chi connectivity index (χ4v) is 2.78. The number of aryl methyl sites for hydroxylation is 1. The lowest BCUT2D eigenvalue weighted by molar-refractivity contribution is 0.417. The Hall–Kier alpha value is -2.60. The zero-order chi connectivity index (χ0) is 15.5. The lowest BCUT2D eigenvalue weighted by atomic mass is 10.2. The molecule has 0 amide bonds. The summed E-state index contributed by atoms with van der Waals surface area (Å²) < 4.78 is 11.1. The molecule has 2 aromatic carbocycles. The highest BCUT2D eigenvalue weighted by Gasteiger charge is 2.14. The SMILES string of the molecule is COc1ccccc1Nc1nsc(=O)n1-c1ccccc1C. The fraction of sp³-hybridized carbons (Fsp3) is 0.125. The summed E-state index contributed by atoms with van der Waals surface area (Å²) in [5.74, 6) is 1.17. The highest BCUT2D eigenvalue weighted by Crippen LogP contribution is 2.27. The molecular weight excluding hydrogens is 298 g/mol. The second-order valence-electron chi connectivity index (χ2n) is 4.72. The van der Waals surface area contributed by atoms with Crippen LogP contribution in [0.3, 0.4) is 0 Å². The van der Waals surface area contributed by atoms with Crippen LogP contribution in [0, 0.1) is 6.92 Å². The van der Waals surface area contributed by atoms with Gasteiger partial charge in [-0.3, -0.25) is 4.79 Å². The molecular formula is C16H15N3O2S. The molecule has 0 radical (unpaired) electrons. The van der Waals surface area contributed by atoms with E-state index >= 15 is 0 Å². The molecule has 0 atom stereocenters. The van der Waals surface area contributed by atoms with Crippen molar-refractivity contribution in [1.82, 2.24) is 8.94 Å². The third kappa shape index (κ3) is 2.60. The topological polar surface area (TPSA) is 56.1 Å². The normalized spacial score (nSPS) is 10.5. The van der Waals surface area contributed by atoms with Crippen LogP contribution < -0.4 is 14.9 Å². The third-order valence-electron chi connectivity index (χ3n) is 3.31. The third-order valence-corrected chi connectivity index (χ3v) is 3.92. The van der Waals surface area contributed by atoms with Crippen LogP contribution >= 0.6 is 11.5 Å². The zero-order valence-electron chi connectivity index (χ0n) is 12.2. The average molecular weight is 313 g/mol. The summed E-state index contributed by atoms with van der Waals surface area (Å²) in [6.45, 7) is 1.96. The van der Waals surface area contributed by atoms with Crippen molar-refractivity contribution in [2.75, 3.05) is 12.4 Å². The van der Waals surface area contributed by atoms with Gasteiger partial charge in [0.1, 0.15) is 5.75 Å². The molecule has 1 aromatic heterocycles. The second kappa shape index (κ2) is 6.03. The van der Waals surface area contributed by atoms with Crippen molar-refractivity contribution in [1.29, 1.82) is 0 Å². The number of anilines is 2. The van der Waals surface area contributed by atoms with Crippen molar-refractivity contribution in [2.45, 2.75) is 6.92 Å². The quantitative estimate of drug-likeness (QED) is 0.802. The summed E-state index contributed by atoms with van der Waals surface area (Å²) in [7, 11) is 1.61. The standard InChI is InChI=1S/C16H15N3O2S/c1-11-7-3-5-9-13(11)19-15(18-22-16(19)20)17-12-8-4-6-10-14(12)21-2/h3-10H,1-2H3,(H,17,18). The number of para-hydroxylation sites is 3. The largest absolute Gasteiger partial charge is 0.495 e. The van der Waals surface area contributed by atoms with Crippen LogP contribution in [-0.2, 0) is 0 Å². The smallest absolute Gasteiger partial charge is 0.332 e. The zero-order valence-corrected chi connectivity index (χ0v) is 13.1. The average Bonchev–Trinajstić information content (AvgIpc) is 2.89. The van der Waals surface area contributed by atoms with Gasteiger partial charge in [-0.05, 0) is 30.7 Å². The lowest BCUT2D eigenvalue weighted by Gasteiger charge is -2.12. The highest BCUT2D eigenvalue weighted by atomic mass is 32.1. The first kappa shape index (κ1) is 14.3. The van der Waals surface area contributed by atoms with E-state index in [1.165, 1.54) is 0 Å². The van der Waals surface area contributed by atoms with Gasteiger partial charge in [0.15, 0.2) is 0 Å². The van der Waals surface area contributed by atoms with E-state index in [0.717, 1.165) is 28.5 Å². The number of nitrogens with one attached hydrogen (secondary N) is 1. The van der Waals surface area contributed by atoms with Crippen molar-refractivity contribution >= 4 is 23.2 Å². The van der Waals surface area contributed by atoms with E-state index < -0.39 is 0 Å². The Labute approximate surface area is 132 Å². The monoisotopic (exact) mass is 313 g/mol. The summed E-state index contributed by atoms with van der Waals surface area (Å²) >= 11 is 0.921. The number of hydrogen-bond donors (Lipinski definition) is 1. The first-order valence-electron chi connectivity index (χ1n) is 6.75. The van der Waals surface area contributed by atoms with E-state index in [9.17, 15) is 4.79 Å². The molecule has 3 rings (SSSR count). The Kier molecular flexibility index (Phi) is 3.93. The molecule has 0 fully saturated rings. The molecule has 6 heteroatoms. The van der Waals surface area contributed by atoms with Crippen molar-refractivity contribution in [3.8, 4) is 11.4 Å². The minimum absolute atomic E-state index is 0.133. The van der Waals surface area contributed by atoms with E-state index in [1.54, 1.807) is 11.7 Å². The lowest BCUT2D eigenvalue weighted by Crippen LogP contribution is -2.14. The minimum Gasteiger partial charge on any atom is -0.495 e. The van der Waals surface area contributed by atoms with Crippen LogP contribution in [0.15, 0.2) is 53.3 Å². The molecule has 0 unspecified atom stereocenters. The maximum atomic E-state index is 12.2. The van der Waals surface area contributed by atoms with Gasteiger partial charge in [-0.1, -0.05) is 30.3 Å². The van der Waals surface area contributed by atoms with Gasteiger partial charge in [-0.25, -0.2) is 4.57 Å². The number of rotatable bonds is 4. The molecule has 0 saturated heterocycles. The molecule has 1 heterocycles. The molecule has 0 saturated carbocycles. The summed E-state index contributed by atoms with van der Waals surface area (Å²) in [5, 5.41) is 3.18. The minimum atomic E-state index is -0.133. The summed E-state index contributed by atoms with van der Waals surface area (Å²) in [4.78, 5) is 12.1. The van der Waals surface area contributed by atoms with Gasteiger partial charge in [0.05, 0.1) is 18.5 Å². The Balaban J connectivity index is 2.07. The number of benzene rings is 2. The van der Waals surface area contributed by atoms with Gasteiger partial charge >= 0.3 is 4.87 Å². The van der Waals surface area contributed by atoms with Crippen LogP contribution in [0.2, 0.25) is 0 Å². The van der Waals surface area contributed by atoms with Gasteiger partial charge in [0, 0.05) is 11.5 Å². The van der Waals surface area contributed by atoms with E-state index in [0.29, 0.717) is 11.7 Å². The molecule has 3 aromatic rings. The Morgan fingerprint density at radius 1 is 1.14 bits per heavy atom. The Morgan fingerprint density at radius 3 is 2.64 bits per heavy atom. The van der Waals surface area contributed by atoms with E-state index in [2.05, 4.69) is 9.69 Å². The van der Waals surface area contributed by atoms with Crippen molar-refractivity contribution in [3.63, 3.8) is 0 Å². The van der Waals surface area contributed by atoms with Crippen LogP contribution in [0.4, 0.5) is 11.6 Å². The maximum absolute atomic E-state index is 12.2. The van der Waals surface area contributed by atoms with Crippen LogP contribution in [0.5, 0.6) is 5.75 Å². The number of methoxy groups -OCH3 is 1. The van der Waals surface area contributed by atoms with E-state index in [-0.39, 0.29) is 4.87 Å². The Bertz CT molecular complexity index is 854. The molecule has 0 aliphatic carbocycles. The molecule has 0 spiro atoms. The van der Waals surface area contributed by atoms with Crippen molar-refractivity contribution in [3.05, 3.63) is 63.8 Å². The summed E-state index contributed by atoms with van der Waals surface area (Å²) in [5.41, 5.74) is 2.59. The van der Waals surface area contributed by atoms with Gasteiger partial charge < -0.3 is 10.1 Å². The van der Waals surface area contributed by atoms with Crippen LogP contribution in [-0.4, -0.2) is 16.1 Å². The number of ether oxygens (including phenoxy) is 1. The van der Waals surface area contributed by atoms with Gasteiger partial charge in [0.25, 0.3) is 0 Å². The number of nitrogens with zero attached hydrogens (tertiary/aromatic N) is 2. The predicted octanol–water partition coefficient (Wildman–Crippen LogP) is 3.35. The molecule has 1 N–H and O–H groups in total. The van der Waals surface area contributed by atoms with Crippen LogP contribution in [0.25, 0.3) is 5.69 Å². The molecule has 22 heavy (non-hydrogen) atoms. The Morgan fingerprint density at radius 2 is 1.86 bits per heavy atom. The van der Waals surface area contributed by atoms with Crippen molar-refractivity contribution in [2.24, 2.45) is 0 Å².